The van der Waals surface area contributed by atoms with E-state index in [4.69, 9.17) is 4.74 Å². The first-order chi connectivity index (χ1) is 9.18. The Labute approximate surface area is 129 Å². The van der Waals surface area contributed by atoms with Gasteiger partial charge in [0.2, 0.25) is 0 Å². The molecule has 1 aromatic heterocycles. The fourth-order valence-electron chi connectivity index (χ4n) is 2.33. The van der Waals surface area contributed by atoms with Gasteiger partial charge in [0.15, 0.2) is 0 Å². The number of nitrogens with zero attached hydrogens (tertiary/aromatic N) is 2. The van der Waals surface area contributed by atoms with E-state index in [0.717, 1.165) is 32.0 Å². The molecule has 106 valence electrons. The van der Waals surface area contributed by atoms with E-state index in [2.05, 4.69) is 37.0 Å². The zero-order valence-corrected chi connectivity index (χ0v) is 14.0. The molecule has 0 aromatic carbocycles. The second-order valence-electron chi connectivity index (χ2n) is 4.89. The number of hydrogen-bond acceptors (Lipinski definition) is 3. The molecule has 1 fully saturated rings. The molecular weight excluding hydrogens is 376 g/mol. The molecule has 0 aliphatic carbocycles. The SMILES string of the molecule is O=c1c(Br)c(Br)cnn1CCCCC1CCOCC1. The summed E-state index contributed by atoms with van der Waals surface area (Å²) < 4.78 is 8.13. The lowest BCUT2D eigenvalue weighted by atomic mass is 9.94. The van der Waals surface area contributed by atoms with Crippen molar-refractivity contribution in [3.63, 3.8) is 0 Å². The van der Waals surface area contributed by atoms with Gasteiger partial charge in [0, 0.05) is 19.8 Å². The summed E-state index contributed by atoms with van der Waals surface area (Å²) in [7, 11) is 0. The third-order valence-corrected chi connectivity index (χ3v) is 5.42. The second kappa shape index (κ2) is 7.55. The van der Waals surface area contributed by atoms with Gasteiger partial charge in [-0.1, -0.05) is 12.8 Å². The third kappa shape index (κ3) is 4.39. The van der Waals surface area contributed by atoms with Gasteiger partial charge in [-0.2, -0.15) is 5.10 Å². The number of aromatic nitrogens is 2. The average Bonchev–Trinajstić information content (AvgIpc) is 2.44. The van der Waals surface area contributed by atoms with Crippen LogP contribution in [-0.4, -0.2) is 23.0 Å². The zero-order valence-electron chi connectivity index (χ0n) is 10.8. The van der Waals surface area contributed by atoms with Crippen molar-refractivity contribution in [3.8, 4) is 0 Å². The summed E-state index contributed by atoms with van der Waals surface area (Å²) in [6.45, 7) is 2.50. The van der Waals surface area contributed by atoms with E-state index in [1.165, 1.54) is 23.9 Å². The molecule has 2 rings (SSSR count). The molecule has 0 amide bonds. The number of rotatable bonds is 5. The van der Waals surface area contributed by atoms with Gasteiger partial charge in [0.1, 0.15) is 4.47 Å². The lowest BCUT2D eigenvalue weighted by Gasteiger charge is -2.21. The van der Waals surface area contributed by atoms with E-state index in [-0.39, 0.29) is 5.56 Å². The van der Waals surface area contributed by atoms with Crippen molar-refractivity contribution >= 4 is 31.9 Å². The van der Waals surface area contributed by atoms with Crippen LogP contribution >= 0.6 is 31.9 Å². The van der Waals surface area contributed by atoms with Crippen LogP contribution in [0.15, 0.2) is 19.9 Å². The number of hydrogen-bond donors (Lipinski definition) is 0. The fourth-order valence-corrected chi connectivity index (χ4v) is 2.90. The first kappa shape index (κ1) is 15.2. The lowest BCUT2D eigenvalue weighted by molar-refractivity contribution is 0.0630. The molecule has 0 bridgehead atoms. The average molecular weight is 394 g/mol. The number of aryl methyl sites for hydroxylation is 1. The Bertz CT molecular complexity index is 470. The van der Waals surface area contributed by atoms with E-state index >= 15 is 0 Å². The Morgan fingerprint density at radius 2 is 2.05 bits per heavy atom. The van der Waals surface area contributed by atoms with Gasteiger partial charge >= 0.3 is 0 Å². The number of halogens is 2. The molecule has 0 spiro atoms. The monoisotopic (exact) mass is 392 g/mol. The van der Waals surface area contributed by atoms with Gasteiger partial charge < -0.3 is 4.74 Å². The lowest BCUT2D eigenvalue weighted by Crippen LogP contribution is -2.23. The van der Waals surface area contributed by atoms with Crippen LogP contribution in [0.5, 0.6) is 0 Å². The van der Waals surface area contributed by atoms with Gasteiger partial charge in [0.25, 0.3) is 5.56 Å². The molecule has 0 radical (unpaired) electrons. The van der Waals surface area contributed by atoms with Crippen molar-refractivity contribution in [3.05, 3.63) is 25.5 Å². The summed E-state index contributed by atoms with van der Waals surface area (Å²) in [5.41, 5.74) is -0.0690. The second-order valence-corrected chi connectivity index (χ2v) is 6.53. The van der Waals surface area contributed by atoms with Crippen molar-refractivity contribution in [1.82, 2.24) is 9.78 Å². The van der Waals surface area contributed by atoms with Crippen molar-refractivity contribution < 1.29 is 4.74 Å². The Balaban J connectivity index is 1.76. The minimum absolute atomic E-state index is 0.0690. The van der Waals surface area contributed by atoms with Gasteiger partial charge in [-0.05, 0) is 57.0 Å². The molecule has 4 nitrogen and oxygen atoms in total. The summed E-state index contributed by atoms with van der Waals surface area (Å²) in [5.74, 6) is 0.801. The van der Waals surface area contributed by atoms with Crippen LogP contribution in [0.25, 0.3) is 0 Å². The first-order valence-corrected chi connectivity index (χ1v) is 8.26. The Morgan fingerprint density at radius 3 is 2.79 bits per heavy atom. The van der Waals surface area contributed by atoms with Crippen LogP contribution in [0, 0.1) is 5.92 Å². The van der Waals surface area contributed by atoms with Gasteiger partial charge in [0.05, 0.1) is 10.7 Å². The largest absolute Gasteiger partial charge is 0.381 e. The summed E-state index contributed by atoms with van der Waals surface area (Å²) in [4.78, 5) is 11.9. The predicted octanol–water partition coefficient (Wildman–Crippen LogP) is 3.37. The summed E-state index contributed by atoms with van der Waals surface area (Å²) in [5, 5.41) is 4.13. The van der Waals surface area contributed by atoms with Crippen molar-refractivity contribution in [2.24, 2.45) is 5.92 Å². The minimum Gasteiger partial charge on any atom is -0.381 e. The highest BCUT2D eigenvalue weighted by Crippen LogP contribution is 2.21. The standard InChI is InChI=1S/C13H18Br2N2O2/c14-11-9-16-17(13(18)12(11)15)6-2-1-3-10-4-7-19-8-5-10/h9-10H,1-8H2. The zero-order chi connectivity index (χ0) is 13.7. The fraction of sp³-hybridized carbons (Fsp3) is 0.692. The highest BCUT2D eigenvalue weighted by molar-refractivity contribution is 9.13. The maximum Gasteiger partial charge on any atom is 0.282 e. The van der Waals surface area contributed by atoms with Crippen LogP contribution in [0.4, 0.5) is 0 Å². The van der Waals surface area contributed by atoms with E-state index in [0.29, 0.717) is 15.5 Å². The highest BCUT2D eigenvalue weighted by Gasteiger charge is 2.13. The van der Waals surface area contributed by atoms with Gasteiger partial charge in [-0.25, -0.2) is 4.68 Å². The molecule has 1 aliphatic heterocycles. The summed E-state index contributed by atoms with van der Waals surface area (Å²) in [6, 6.07) is 0. The molecule has 0 N–H and O–H groups in total. The molecule has 0 atom stereocenters. The maximum absolute atomic E-state index is 11.9. The first-order valence-electron chi connectivity index (χ1n) is 6.67. The minimum atomic E-state index is -0.0690. The normalized spacial score (nSPS) is 16.7. The molecular formula is C13H18Br2N2O2. The smallest absolute Gasteiger partial charge is 0.282 e. The topological polar surface area (TPSA) is 44.1 Å². The predicted molar refractivity (Wildman–Crippen MR) is 81.3 cm³/mol. The molecule has 1 aliphatic rings. The molecule has 0 unspecified atom stereocenters. The Kier molecular flexibility index (Phi) is 6.04. The van der Waals surface area contributed by atoms with E-state index < -0.39 is 0 Å². The molecule has 1 aromatic rings. The van der Waals surface area contributed by atoms with E-state index in [1.54, 1.807) is 6.20 Å². The van der Waals surface area contributed by atoms with Crippen molar-refractivity contribution in [2.75, 3.05) is 13.2 Å². The van der Waals surface area contributed by atoms with Gasteiger partial charge in [-0.3, -0.25) is 4.79 Å². The molecule has 1 saturated heterocycles. The molecule has 2 heterocycles. The molecule has 6 heteroatoms. The van der Waals surface area contributed by atoms with Gasteiger partial charge in [-0.15, -0.1) is 0 Å². The van der Waals surface area contributed by atoms with Crippen molar-refractivity contribution in [2.45, 2.75) is 38.6 Å². The van der Waals surface area contributed by atoms with Crippen LogP contribution in [-0.2, 0) is 11.3 Å². The highest BCUT2D eigenvalue weighted by atomic mass is 79.9. The molecule has 19 heavy (non-hydrogen) atoms. The molecule has 0 saturated carbocycles. The van der Waals surface area contributed by atoms with Crippen LogP contribution in [0.2, 0.25) is 0 Å². The summed E-state index contributed by atoms with van der Waals surface area (Å²) in [6.07, 6.45) is 7.40. The van der Waals surface area contributed by atoms with E-state index in [1.807, 2.05) is 0 Å². The third-order valence-electron chi connectivity index (χ3n) is 3.52. The number of ether oxygens (including phenoxy) is 1. The van der Waals surface area contributed by atoms with E-state index in [9.17, 15) is 4.79 Å². The van der Waals surface area contributed by atoms with Crippen LogP contribution < -0.4 is 5.56 Å². The van der Waals surface area contributed by atoms with Crippen LogP contribution in [0.1, 0.15) is 32.1 Å². The number of unbranched alkanes of at least 4 members (excludes halogenated alkanes) is 1. The Hall–Kier alpha value is -0.200. The van der Waals surface area contributed by atoms with Crippen molar-refractivity contribution in [1.29, 1.82) is 0 Å². The maximum atomic E-state index is 11.9. The van der Waals surface area contributed by atoms with Crippen LogP contribution in [0.3, 0.4) is 0 Å². The summed E-state index contributed by atoms with van der Waals surface area (Å²) >= 11 is 6.55. The quantitative estimate of drug-likeness (QED) is 0.720. The Morgan fingerprint density at radius 1 is 1.32 bits per heavy atom.